The Morgan fingerprint density at radius 2 is 1.89 bits per heavy atom. The van der Waals surface area contributed by atoms with E-state index in [2.05, 4.69) is 10.6 Å². The van der Waals surface area contributed by atoms with Gasteiger partial charge in [0.1, 0.15) is 6.04 Å². The summed E-state index contributed by atoms with van der Waals surface area (Å²) in [7, 11) is 0. The Balaban J connectivity index is 1.70. The molecule has 1 aliphatic heterocycles. The molecule has 0 aromatic heterocycles. The van der Waals surface area contributed by atoms with Gasteiger partial charge in [-0.1, -0.05) is 0 Å². The fourth-order valence-corrected chi connectivity index (χ4v) is 1.70. The standard InChI is InChI=1S/C11H17N3O4/c1-6(9(15)13-8-2-3-8)12-11(18)14-4-7(5-14)10(16)17/h6-8H,2-5H2,1H3,(H,12,18)(H,13,15)(H,16,17). The molecule has 0 radical (unpaired) electrons. The van der Waals surface area contributed by atoms with Crippen molar-refractivity contribution in [3.63, 3.8) is 0 Å². The van der Waals surface area contributed by atoms with Crippen molar-refractivity contribution in [3.05, 3.63) is 0 Å². The molecule has 1 atom stereocenters. The van der Waals surface area contributed by atoms with Gasteiger partial charge in [-0.15, -0.1) is 0 Å². The number of aliphatic carboxylic acids is 1. The van der Waals surface area contributed by atoms with E-state index in [1.165, 1.54) is 4.90 Å². The van der Waals surface area contributed by atoms with Crippen molar-refractivity contribution in [2.24, 2.45) is 5.92 Å². The molecule has 3 amide bonds. The topological polar surface area (TPSA) is 98.7 Å². The number of nitrogens with one attached hydrogen (secondary N) is 2. The molecular weight excluding hydrogens is 238 g/mol. The van der Waals surface area contributed by atoms with Gasteiger partial charge in [-0.25, -0.2) is 4.79 Å². The first-order valence-electron chi connectivity index (χ1n) is 6.06. The average molecular weight is 255 g/mol. The fourth-order valence-electron chi connectivity index (χ4n) is 1.70. The minimum atomic E-state index is -0.890. The molecule has 1 aliphatic carbocycles. The van der Waals surface area contributed by atoms with Crippen LogP contribution in [0.4, 0.5) is 4.79 Å². The Morgan fingerprint density at radius 3 is 2.39 bits per heavy atom. The zero-order valence-electron chi connectivity index (χ0n) is 10.2. The van der Waals surface area contributed by atoms with E-state index in [9.17, 15) is 14.4 Å². The Bertz CT molecular complexity index is 374. The summed E-state index contributed by atoms with van der Waals surface area (Å²) >= 11 is 0. The van der Waals surface area contributed by atoms with Gasteiger partial charge < -0.3 is 20.6 Å². The monoisotopic (exact) mass is 255 g/mol. The van der Waals surface area contributed by atoms with Crippen LogP contribution in [0, 0.1) is 5.92 Å². The van der Waals surface area contributed by atoms with Gasteiger partial charge in [0.25, 0.3) is 0 Å². The predicted octanol–water partition coefficient (Wildman–Crippen LogP) is -0.620. The number of amides is 3. The van der Waals surface area contributed by atoms with E-state index in [0.717, 1.165) is 12.8 Å². The number of carbonyl (C=O) groups is 3. The summed E-state index contributed by atoms with van der Waals surface area (Å²) in [6.07, 6.45) is 2.00. The van der Waals surface area contributed by atoms with E-state index in [4.69, 9.17) is 5.11 Å². The van der Waals surface area contributed by atoms with E-state index in [1.54, 1.807) is 6.92 Å². The SMILES string of the molecule is CC(NC(=O)N1CC(C(=O)O)C1)C(=O)NC1CC1. The molecule has 0 aromatic rings. The molecule has 1 saturated carbocycles. The average Bonchev–Trinajstić information content (AvgIpc) is 2.98. The van der Waals surface area contributed by atoms with Crippen LogP contribution < -0.4 is 10.6 Å². The number of carbonyl (C=O) groups excluding carboxylic acids is 2. The van der Waals surface area contributed by atoms with Gasteiger partial charge in [0.2, 0.25) is 5.91 Å². The van der Waals surface area contributed by atoms with Gasteiger partial charge >= 0.3 is 12.0 Å². The lowest BCUT2D eigenvalue weighted by Gasteiger charge is -2.37. The van der Waals surface area contributed by atoms with Crippen LogP contribution in [0.25, 0.3) is 0 Å². The van der Waals surface area contributed by atoms with E-state index < -0.39 is 17.9 Å². The highest BCUT2D eigenvalue weighted by atomic mass is 16.4. The minimum absolute atomic E-state index is 0.193. The van der Waals surface area contributed by atoms with E-state index in [1.807, 2.05) is 0 Å². The molecule has 1 heterocycles. The molecule has 2 aliphatic rings. The Hall–Kier alpha value is -1.79. The van der Waals surface area contributed by atoms with E-state index in [-0.39, 0.29) is 31.1 Å². The van der Waals surface area contributed by atoms with Crippen LogP contribution >= 0.6 is 0 Å². The highest BCUT2D eigenvalue weighted by Crippen LogP contribution is 2.19. The van der Waals surface area contributed by atoms with E-state index >= 15 is 0 Å². The third-order valence-corrected chi connectivity index (χ3v) is 3.17. The number of hydrogen-bond donors (Lipinski definition) is 3. The van der Waals surface area contributed by atoms with E-state index in [0.29, 0.717) is 0 Å². The normalized spacial score (nSPS) is 20.8. The highest BCUT2D eigenvalue weighted by molar-refractivity contribution is 5.87. The number of hydrogen-bond acceptors (Lipinski definition) is 3. The lowest BCUT2D eigenvalue weighted by molar-refractivity contribution is -0.146. The van der Waals surface area contributed by atoms with Crippen molar-refractivity contribution in [3.8, 4) is 0 Å². The first-order valence-corrected chi connectivity index (χ1v) is 6.06. The van der Waals surface area contributed by atoms with Gasteiger partial charge in [-0.3, -0.25) is 9.59 Å². The predicted molar refractivity (Wildman–Crippen MR) is 61.9 cm³/mol. The van der Waals surface area contributed by atoms with Crippen LogP contribution in [0.2, 0.25) is 0 Å². The minimum Gasteiger partial charge on any atom is -0.481 e. The first kappa shape index (κ1) is 12.7. The molecule has 7 heteroatoms. The second-order valence-corrected chi connectivity index (χ2v) is 4.89. The van der Waals surface area contributed by atoms with Crippen LogP contribution in [0.1, 0.15) is 19.8 Å². The maximum Gasteiger partial charge on any atom is 0.318 e. The molecule has 1 unspecified atom stereocenters. The molecule has 2 rings (SSSR count). The van der Waals surface area contributed by atoms with Crippen molar-refractivity contribution < 1.29 is 19.5 Å². The zero-order valence-corrected chi connectivity index (χ0v) is 10.2. The number of rotatable bonds is 4. The second kappa shape index (κ2) is 4.83. The number of carboxylic acid groups (broad SMARTS) is 1. The number of likely N-dealkylation sites (tertiary alicyclic amines) is 1. The molecule has 2 fully saturated rings. The van der Waals surface area contributed by atoms with Gasteiger partial charge in [0, 0.05) is 19.1 Å². The second-order valence-electron chi connectivity index (χ2n) is 4.89. The molecule has 7 nitrogen and oxygen atoms in total. The number of urea groups is 1. The Morgan fingerprint density at radius 1 is 1.28 bits per heavy atom. The smallest absolute Gasteiger partial charge is 0.318 e. The highest BCUT2D eigenvalue weighted by Gasteiger charge is 2.36. The quantitative estimate of drug-likeness (QED) is 0.623. The van der Waals surface area contributed by atoms with Crippen molar-refractivity contribution in [1.29, 1.82) is 0 Å². The maximum atomic E-state index is 11.7. The van der Waals surface area contributed by atoms with Crippen LogP contribution in [0.5, 0.6) is 0 Å². The molecule has 3 N–H and O–H groups in total. The van der Waals surface area contributed by atoms with Crippen molar-refractivity contribution in [1.82, 2.24) is 15.5 Å². The Labute approximate surface area is 105 Å². The van der Waals surface area contributed by atoms with Crippen molar-refractivity contribution in [2.75, 3.05) is 13.1 Å². The molecule has 1 saturated heterocycles. The number of carboxylic acids is 1. The first-order chi connectivity index (χ1) is 8.47. The summed E-state index contributed by atoms with van der Waals surface area (Å²) in [5.41, 5.74) is 0. The van der Waals surface area contributed by atoms with Crippen LogP contribution in [-0.2, 0) is 9.59 Å². The van der Waals surface area contributed by atoms with Gasteiger partial charge in [-0.2, -0.15) is 0 Å². The third kappa shape index (κ3) is 2.91. The van der Waals surface area contributed by atoms with Crippen molar-refractivity contribution >= 4 is 17.9 Å². The van der Waals surface area contributed by atoms with Gasteiger partial charge in [-0.05, 0) is 19.8 Å². The molecule has 0 aromatic carbocycles. The third-order valence-electron chi connectivity index (χ3n) is 3.17. The molecule has 100 valence electrons. The molecule has 0 bridgehead atoms. The largest absolute Gasteiger partial charge is 0.481 e. The van der Waals surface area contributed by atoms with Crippen LogP contribution in [-0.4, -0.2) is 53.1 Å². The van der Waals surface area contributed by atoms with Crippen LogP contribution in [0.15, 0.2) is 0 Å². The van der Waals surface area contributed by atoms with Crippen LogP contribution in [0.3, 0.4) is 0 Å². The van der Waals surface area contributed by atoms with Gasteiger partial charge in [0.05, 0.1) is 5.92 Å². The molecule has 18 heavy (non-hydrogen) atoms. The lowest BCUT2D eigenvalue weighted by atomic mass is 10.0. The lowest BCUT2D eigenvalue weighted by Crippen LogP contribution is -2.58. The summed E-state index contributed by atoms with van der Waals surface area (Å²) in [5.74, 6) is -1.56. The summed E-state index contributed by atoms with van der Waals surface area (Å²) in [6.45, 7) is 2.03. The summed E-state index contributed by atoms with van der Waals surface area (Å²) in [6, 6.07) is -0.717. The molecular formula is C11H17N3O4. The van der Waals surface area contributed by atoms with Crippen molar-refractivity contribution in [2.45, 2.75) is 31.8 Å². The maximum absolute atomic E-state index is 11.7. The summed E-state index contributed by atoms with van der Waals surface area (Å²) in [5, 5.41) is 14.0. The number of nitrogens with zero attached hydrogens (tertiary/aromatic N) is 1. The summed E-state index contributed by atoms with van der Waals surface area (Å²) < 4.78 is 0. The molecule has 0 spiro atoms. The Kier molecular flexibility index (Phi) is 3.40. The van der Waals surface area contributed by atoms with Gasteiger partial charge in [0.15, 0.2) is 0 Å². The fraction of sp³-hybridized carbons (Fsp3) is 0.727. The summed E-state index contributed by atoms with van der Waals surface area (Å²) in [4.78, 5) is 35.2. The zero-order chi connectivity index (χ0) is 13.3.